The van der Waals surface area contributed by atoms with Gasteiger partial charge in [-0.2, -0.15) is 0 Å². The van der Waals surface area contributed by atoms with Crippen LogP contribution >= 0.6 is 0 Å². The zero-order valence-electron chi connectivity index (χ0n) is 9.44. The fourth-order valence-electron chi connectivity index (χ4n) is 2.78. The summed E-state index contributed by atoms with van der Waals surface area (Å²) in [5, 5.41) is 15.7. The van der Waals surface area contributed by atoms with Crippen LogP contribution in [0.4, 0.5) is 0 Å². The zero-order valence-corrected chi connectivity index (χ0v) is 9.44. The van der Waals surface area contributed by atoms with Crippen molar-refractivity contribution in [2.75, 3.05) is 6.54 Å². The van der Waals surface area contributed by atoms with Gasteiger partial charge in [-0.25, -0.2) is 4.98 Å². The third-order valence-corrected chi connectivity index (χ3v) is 3.63. The van der Waals surface area contributed by atoms with E-state index in [4.69, 9.17) is 5.11 Å². The van der Waals surface area contributed by atoms with Gasteiger partial charge in [0, 0.05) is 18.2 Å². The van der Waals surface area contributed by atoms with Gasteiger partial charge in [0.2, 0.25) is 0 Å². The molecule has 1 aromatic rings. The van der Waals surface area contributed by atoms with Crippen LogP contribution < -0.4 is 10.6 Å². The van der Waals surface area contributed by atoms with Gasteiger partial charge in [0.25, 0.3) is 0 Å². The summed E-state index contributed by atoms with van der Waals surface area (Å²) < 4.78 is 0. The Hall–Kier alpha value is -1.40. The van der Waals surface area contributed by atoms with Gasteiger partial charge in [-0.1, -0.05) is 0 Å². The summed E-state index contributed by atoms with van der Waals surface area (Å²) in [6, 6.07) is -0.219. The summed E-state index contributed by atoms with van der Waals surface area (Å²) in [5.41, 5.74) is 1.93. The Morgan fingerprint density at radius 1 is 1.53 bits per heavy atom. The van der Waals surface area contributed by atoms with Crippen molar-refractivity contribution in [3.8, 4) is 0 Å². The molecule has 4 N–H and O–H groups in total. The molecule has 1 fully saturated rings. The van der Waals surface area contributed by atoms with E-state index in [2.05, 4.69) is 20.6 Å². The molecule has 3 atom stereocenters. The first-order valence-corrected chi connectivity index (χ1v) is 6.00. The lowest BCUT2D eigenvalue weighted by atomic mass is 9.93. The second-order valence-corrected chi connectivity index (χ2v) is 4.71. The summed E-state index contributed by atoms with van der Waals surface area (Å²) >= 11 is 0. The number of nitrogens with zero attached hydrogens (tertiary/aromatic N) is 1. The van der Waals surface area contributed by atoms with Crippen LogP contribution in [-0.2, 0) is 11.2 Å². The number of aliphatic carboxylic acids is 1. The SMILES string of the molecule is O=C(O)[C@H]1Cc2[nH]cnc2C(C2CCCN2)N1. The Labute approximate surface area is 98.8 Å². The Balaban J connectivity index is 1.89. The molecule has 6 nitrogen and oxygen atoms in total. The highest BCUT2D eigenvalue weighted by Gasteiger charge is 2.37. The average molecular weight is 236 g/mol. The summed E-state index contributed by atoms with van der Waals surface area (Å²) in [7, 11) is 0. The largest absolute Gasteiger partial charge is 0.480 e. The van der Waals surface area contributed by atoms with Crippen LogP contribution in [0, 0.1) is 0 Å². The van der Waals surface area contributed by atoms with Gasteiger partial charge in [0.05, 0.1) is 18.1 Å². The molecule has 0 bridgehead atoms. The number of hydrogen-bond donors (Lipinski definition) is 4. The summed E-state index contributed by atoms with van der Waals surface area (Å²) in [6.45, 7) is 1.00. The van der Waals surface area contributed by atoms with E-state index in [1.165, 1.54) is 0 Å². The van der Waals surface area contributed by atoms with Crippen LogP contribution in [-0.4, -0.2) is 39.7 Å². The fourth-order valence-corrected chi connectivity index (χ4v) is 2.78. The van der Waals surface area contributed by atoms with E-state index < -0.39 is 12.0 Å². The number of carboxylic acid groups (broad SMARTS) is 1. The molecule has 3 heterocycles. The lowest BCUT2D eigenvalue weighted by molar-refractivity contribution is -0.140. The molecule has 1 saturated heterocycles. The van der Waals surface area contributed by atoms with Gasteiger partial charge >= 0.3 is 5.97 Å². The number of nitrogens with one attached hydrogen (secondary N) is 3. The van der Waals surface area contributed by atoms with Gasteiger partial charge in [-0.15, -0.1) is 0 Å². The summed E-state index contributed by atoms with van der Waals surface area (Å²) in [5.74, 6) is -0.798. The molecule has 0 aliphatic carbocycles. The number of carbonyl (C=O) groups is 1. The van der Waals surface area contributed by atoms with Crippen LogP contribution in [0.25, 0.3) is 0 Å². The van der Waals surface area contributed by atoms with Crippen molar-refractivity contribution < 1.29 is 9.90 Å². The smallest absolute Gasteiger partial charge is 0.321 e. The normalized spacial score (nSPS) is 32.4. The Morgan fingerprint density at radius 3 is 3.12 bits per heavy atom. The van der Waals surface area contributed by atoms with E-state index in [1.807, 2.05) is 0 Å². The molecule has 17 heavy (non-hydrogen) atoms. The number of rotatable bonds is 2. The first kappa shape index (κ1) is 10.7. The van der Waals surface area contributed by atoms with Gasteiger partial charge in [0.15, 0.2) is 0 Å². The minimum absolute atomic E-state index is 0.00796. The third kappa shape index (κ3) is 1.83. The van der Waals surface area contributed by atoms with Crippen LogP contribution in [0.5, 0.6) is 0 Å². The standard InChI is InChI=1S/C11H16N4O2/c16-11(17)8-4-7-9(14-5-13-7)10(15-8)6-2-1-3-12-6/h5-6,8,10,12,15H,1-4H2,(H,13,14)(H,16,17)/t6?,8-,10?/m1/s1. The lowest BCUT2D eigenvalue weighted by Gasteiger charge is -2.31. The molecule has 0 spiro atoms. The Bertz CT molecular complexity index is 425. The van der Waals surface area contributed by atoms with Gasteiger partial charge < -0.3 is 15.4 Å². The van der Waals surface area contributed by atoms with Crippen LogP contribution in [0.3, 0.4) is 0 Å². The van der Waals surface area contributed by atoms with Crippen molar-refractivity contribution in [1.29, 1.82) is 0 Å². The van der Waals surface area contributed by atoms with Gasteiger partial charge in [-0.3, -0.25) is 10.1 Å². The molecular weight excluding hydrogens is 220 g/mol. The number of aromatic nitrogens is 2. The molecule has 2 unspecified atom stereocenters. The maximum atomic E-state index is 11.1. The maximum Gasteiger partial charge on any atom is 0.321 e. The van der Waals surface area contributed by atoms with E-state index >= 15 is 0 Å². The predicted octanol–water partition coefficient (Wildman–Crippen LogP) is -0.198. The predicted molar refractivity (Wildman–Crippen MR) is 60.6 cm³/mol. The maximum absolute atomic E-state index is 11.1. The fraction of sp³-hybridized carbons (Fsp3) is 0.636. The van der Waals surface area contributed by atoms with Gasteiger partial charge in [-0.05, 0) is 19.4 Å². The number of hydrogen-bond acceptors (Lipinski definition) is 4. The molecule has 0 aromatic carbocycles. The highest BCUT2D eigenvalue weighted by Crippen LogP contribution is 2.28. The van der Waals surface area contributed by atoms with E-state index in [9.17, 15) is 4.79 Å². The van der Waals surface area contributed by atoms with Crippen LogP contribution in [0.15, 0.2) is 6.33 Å². The second kappa shape index (κ2) is 4.12. The molecule has 0 radical (unpaired) electrons. The molecule has 92 valence electrons. The minimum atomic E-state index is -0.798. The number of H-pyrrole nitrogens is 1. The van der Waals surface area contributed by atoms with Gasteiger partial charge in [0.1, 0.15) is 6.04 Å². The van der Waals surface area contributed by atoms with Crippen molar-refractivity contribution in [2.24, 2.45) is 0 Å². The zero-order chi connectivity index (χ0) is 11.8. The van der Waals surface area contributed by atoms with E-state index in [-0.39, 0.29) is 6.04 Å². The highest BCUT2D eigenvalue weighted by atomic mass is 16.4. The van der Waals surface area contributed by atoms with Crippen LogP contribution in [0.2, 0.25) is 0 Å². The average Bonchev–Trinajstić information content (AvgIpc) is 2.98. The summed E-state index contributed by atoms with van der Waals surface area (Å²) in [4.78, 5) is 18.5. The van der Waals surface area contributed by atoms with Crippen molar-refractivity contribution in [1.82, 2.24) is 20.6 Å². The summed E-state index contributed by atoms with van der Waals surface area (Å²) in [6.07, 6.45) is 4.34. The Morgan fingerprint density at radius 2 is 2.41 bits per heavy atom. The highest BCUT2D eigenvalue weighted by molar-refractivity contribution is 5.74. The van der Waals surface area contributed by atoms with Crippen molar-refractivity contribution in [3.63, 3.8) is 0 Å². The van der Waals surface area contributed by atoms with E-state index in [0.717, 1.165) is 30.8 Å². The molecule has 0 amide bonds. The lowest BCUT2D eigenvalue weighted by Crippen LogP contribution is -2.50. The molecular formula is C11H16N4O2. The third-order valence-electron chi connectivity index (χ3n) is 3.63. The van der Waals surface area contributed by atoms with Crippen LogP contribution in [0.1, 0.15) is 30.3 Å². The molecule has 2 aliphatic heterocycles. The number of carboxylic acids is 1. The Kier molecular flexibility index (Phi) is 2.60. The molecule has 1 aromatic heterocycles. The van der Waals surface area contributed by atoms with Crippen molar-refractivity contribution >= 4 is 5.97 Å². The van der Waals surface area contributed by atoms with E-state index in [0.29, 0.717) is 12.5 Å². The second-order valence-electron chi connectivity index (χ2n) is 4.71. The number of aromatic amines is 1. The van der Waals surface area contributed by atoms with Crippen molar-refractivity contribution in [2.45, 2.75) is 37.4 Å². The van der Waals surface area contributed by atoms with Crippen molar-refractivity contribution in [3.05, 3.63) is 17.7 Å². The first-order valence-electron chi connectivity index (χ1n) is 6.00. The quantitative estimate of drug-likeness (QED) is 0.571. The molecule has 0 saturated carbocycles. The van der Waals surface area contributed by atoms with E-state index in [1.54, 1.807) is 6.33 Å². The number of fused-ring (bicyclic) bond motifs is 1. The molecule has 3 rings (SSSR count). The molecule has 2 aliphatic rings. The monoisotopic (exact) mass is 236 g/mol. The minimum Gasteiger partial charge on any atom is -0.480 e. The number of imidazole rings is 1. The topological polar surface area (TPSA) is 90.0 Å². The first-order chi connectivity index (χ1) is 8.25. The molecule has 6 heteroatoms.